The summed E-state index contributed by atoms with van der Waals surface area (Å²) in [6.07, 6.45) is 4.77. The Morgan fingerprint density at radius 3 is 2.67 bits per heavy atom. The maximum absolute atomic E-state index is 8.92. The van der Waals surface area contributed by atoms with Crippen molar-refractivity contribution >= 4 is 0 Å². The van der Waals surface area contributed by atoms with Gasteiger partial charge in [-0.2, -0.15) is 10.2 Å². The van der Waals surface area contributed by atoms with Crippen LogP contribution in [0.5, 0.6) is 0 Å². The number of benzene rings is 1. The third-order valence-electron chi connectivity index (χ3n) is 4.41. The minimum Gasteiger partial charge on any atom is -0.334 e. The largest absolute Gasteiger partial charge is 0.334 e. The molecule has 4 nitrogen and oxygen atoms in total. The van der Waals surface area contributed by atoms with Gasteiger partial charge < -0.3 is 4.52 Å². The molecule has 1 aliphatic rings. The lowest BCUT2D eigenvalue weighted by atomic mass is 9.83. The van der Waals surface area contributed by atoms with Crippen LogP contribution in [0.3, 0.4) is 0 Å². The van der Waals surface area contributed by atoms with Gasteiger partial charge in [0, 0.05) is 11.5 Å². The molecule has 1 aliphatic carbocycles. The number of aryl methyl sites for hydroxylation is 1. The molecule has 1 fully saturated rings. The van der Waals surface area contributed by atoms with Crippen molar-refractivity contribution in [2.24, 2.45) is 5.92 Å². The van der Waals surface area contributed by atoms with Crippen LogP contribution in [0.4, 0.5) is 0 Å². The molecule has 108 valence electrons. The van der Waals surface area contributed by atoms with Gasteiger partial charge in [-0.15, -0.1) is 0 Å². The lowest BCUT2D eigenvalue weighted by molar-refractivity contribution is 0.329. The zero-order chi connectivity index (χ0) is 14.8. The van der Waals surface area contributed by atoms with Crippen LogP contribution in [-0.4, -0.2) is 10.1 Å². The highest BCUT2D eigenvalue weighted by Crippen LogP contribution is 2.35. The molecule has 21 heavy (non-hydrogen) atoms. The topological polar surface area (TPSA) is 62.7 Å². The molecular formula is C17H19N3O. The summed E-state index contributed by atoms with van der Waals surface area (Å²) in [4.78, 5) is 4.58. The Balaban J connectivity index is 1.83. The summed E-state index contributed by atoms with van der Waals surface area (Å²) < 4.78 is 5.44. The summed E-state index contributed by atoms with van der Waals surface area (Å²) in [5.74, 6) is 2.64. The number of hydrogen-bond donors (Lipinski definition) is 0. The average Bonchev–Trinajstić information content (AvgIpc) is 2.97. The van der Waals surface area contributed by atoms with Crippen LogP contribution in [0, 0.1) is 24.2 Å². The second-order valence-corrected chi connectivity index (χ2v) is 6.06. The lowest BCUT2D eigenvalue weighted by Gasteiger charge is -2.23. The van der Waals surface area contributed by atoms with Gasteiger partial charge in [0.1, 0.15) is 0 Å². The normalized spacial score (nSPS) is 22.0. The van der Waals surface area contributed by atoms with Crippen LogP contribution in [-0.2, 0) is 0 Å². The number of aromatic nitrogens is 2. The van der Waals surface area contributed by atoms with Crippen LogP contribution in [0.2, 0.25) is 0 Å². The smallest absolute Gasteiger partial charge is 0.258 e. The van der Waals surface area contributed by atoms with Crippen molar-refractivity contribution in [3.63, 3.8) is 0 Å². The van der Waals surface area contributed by atoms with Crippen molar-refractivity contribution in [1.82, 2.24) is 10.1 Å². The van der Waals surface area contributed by atoms with E-state index >= 15 is 0 Å². The van der Waals surface area contributed by atoms with Gasteiger partial charge in [0.05, 0.1) is 11.6 Å². The molecule has 0 amide bonds. The van der Waals surface area contributed by atoms with E-state index in [1.807, 2.05) is 19.1 Å². The van der Waals surface area contributed by atoms with Crippen molar-refractivity contribution in [1.29, 1.82) is 5.26 Å². The quantitative estimate of drug-likeness (QED) is 0.827. The minimum atomic E-state index is 0.428. The zero-order valence-corrected chi connectivity index (χ0v) is 12.5. The molecule has 0 saturated heterocycles. The molecule has 1 heterocycles. The Kier molecular flexibility index (Phi) is 3.74. The highest BCUT2D eigenvalue weighted by molar-refractivity contribution is 5.60. The third-order valence-corrected chi connectivity index (χ3v) is 4.41. The summed E-state index contributed by atoms with van der Waals surface area (Å²) in [5.41, 5.74) is 2.55. The van der Waals surface area contributed by atoms with Crippen LogP contribution >= 0.6 is 0 Å². The molecule has 1 aromatic heterocycles. The van der Waals surface area contributed by atoms with E-state index in [2.05, 4.69) is 23.1 Å². The van der Waals surface area contributed by atoms with Crippen LogP contribution in [0.1, 0.15) is 55.5 Å². The lowest BCUT2D eigenvalue weighted by Crippen LogP contribution is -2.11. The Morgan fingerprint density at radius 1 is 1.24 bits per heavy atom. The Labute approximate surface area is 124 Å². The van der Waals surface area contributed by atoms with Gasteiger partial charge >= 0.3 is 0 Å². The van der Waals surface area contributed by atoms with E-state index < -0.39 is 0 Å². The first-order valence-corrected chi connectivity index (χ1v) is 7.52. The van der Waals surface area contributed by atoms with E-state index in [9.17, 15) is 0 Å². The minimum absolute atomic E-state index is 0.428. The van der Waals surface area contributed by atoms with Crippen LogP contribution in [0.15, 0.2) is 22.7 Å². The monoisotopic (exact) mass is 281 g/mol. The standard InChI is InChI=1S/C17H19N3O/c1-11-3-6-14(7-4-11)16-19-17(21-20-16)15-8-5-13(10-18)9-12(15)2/h5,8-9,11,14H,3-4,6-7H2,1-2H3. The Bertz CT molecular complexity index is 676. The van der Waals surface area contributed by atoms with Crippen molar-refractivity contribution < 1.29 is 4.52 Å². The number of nitriles is 1. The van der Waals surface area contributed by atoms with Gasteiger partial charge in [0.2, 0.25) is 0 Å². The second kappa shape index (κ2) is 5.69. The second-order valence-electron chi connectivity index (χ2n) is 6.06. The fraction of sp³-hybridized carbons (Fsp3) is 0.471. The molecule has 2 aromatic rings. The highest BCUT2D eigenvalue weighted by atomic mass is 16.5. The van der Waals surface area contributed by atoms with Crippen molar-refractivity contribution in [2.45, 2.75) is 45.4 Å². The molecule has 0 aliphatic heterocycles. The molecule has 0 radical (unpaired) electrons. The number of nitrogens with zero attached hydrogens (tertiary/aromatic N) is 3. The van der Waals surface area contributed by atoms with Crippen molar-refractivity contribution in [3.8, 4) is 17.5 Å². The zero-order valence-electron chi connectivity index (χ0n) is 12.5. The molecule has 4 heteroatoms. The van der Waals surface area contributed by atoms with Crippen LogP contribution in [0.25, 0.3) is 11.5 Å². The Hall–Kier alpha value is -2.15. The van der Waals surface area contributed by atoms with Gasteiger partial charge in [0.25, 0.3) is 5.89 Å². The maximum Gasteiger partial charge on any atom is 0.258 e. The van der Waals surface area contributed by atoms with E-state index in [0.717, 1.165) is 35.7 Å². The molecule has 3 rings (SSSR count). The van der Waals surface area contributed by atoms with Crippen molar-refractivity contribution in [2.75, 3.05) is 0 Å². The van der Waals surface area contributed by atoms with E-state index in [-0.39, 0.29) is 0 Å². The molecule has 0 atom stereocenters. The van der Waals surface area contributed by atoms with Gasteiger partial charge in [-0.25, -0.2) is 0 Å². The third kappa shape index (κ3) is 2.82. The number of hydrogen-bond acceptors (Lipinski definition) is 4. The molecule has 0 unspecified atom stereocenters. The molecule has 0 bridgehead atoms. The maximum atomic E-state index is 8.92. The fourth-order valence-electron chi connectivity index (χ4n) is 3.00. The molecule has 1 aromatic carbocycles. The fourth-order valence-corrected chi connectivity index (χ4v) is 3.00. The predicted molar refractivity (Wildman–Crippen MR) is 79.6 cm³/mol. The highest BCUT2D eigenvalue weighted by Gasteiger charge is 2.24. The SMILES string of the molecule is Cc1cc(C#N)ccc1-c1nc(C2CCC(C)CC2)no1. The molecular weight excluding hydrogens is 262 g/mol. The number of rotatable bonds is 2. The van der Waals surface area contributed by atoms with Gasteiger partial charge in [-0.3, -0.25) is 0 Å². The van der Waals surface area contributed by atoms with Gasteiger partial charge in [-0.05, 0) is 49.4 Å². The van der Waals surface area contributed by atoms with Gasteiger partial charge in [-0.1, -0.05) is 24.9 Å². The summed E-state index contributed by atoms with van der Waals surface area (Å²) in [6, 6.07) is 7.66. The molecule has 0 spiro atoms. The average molecular weight is 281 g/mol. The summed E-state index contributed by atoms with van der Waals surface area (Å²) in [7, 11) is 0. The van der Waals surface area contributed by atoms with Gasteiger partial charge in [0.15, 0.2) is 5.82 Å². The Morgan fingerprint density at radius 2 is 2.00 bits per heavy atom. The summed E-state index contributed by atoms with van der Waals surface area (Å²) >= 11 is 0. The van der Waals surface area contributed by atoms with Crippen molar-refractivity contribution in [3.05, 3.63) is 35.2 Å². The van der Waals surface area contributed by atoms with E-state index in [4.69, 9.17) is 9.78 Å². The van der Waals surface area contributed by atoms with E-state index in [1.54, 1.807) is 6.07 Å². The predicted octanol–water partition coefficient (Wildman–Crippen LogP) is 4.21. The molecule has 1 saturated carbocycles. The van der Waals surface area contributed by atoms with Crippen LogP contribution < -0.4 is 0 Å². The van der Waals surface area contributed by atoms with E-state index in [1.165, 1.54) is 12.8 Å². The molecule has 0 N–H and O–H groups in total. The van der Waals surface area contributed by atoms with E-state index in [0.29, 0.717) is 17.4 Å². The summed E-state index contributed by atoms with van der Waals surface area (Å²) in [6.45, 7) is 4.26. The first-order valence-electron chi connectivity index (χ1n) is 7.52. The summed E-state index contributed by atoms with van der Waals surface area (Å²) in [5, 5.41) is 13.1. The first-order chi connectivity index (χ1) is 10.2. The first kappa shape index (κ1) is 13.8.